The van der Waals surface area contributed by atoms with Crippen LogP contribution in [0.15, 0.2) is 46.6 Å². The van der Waals surface area contributed by atoms with Crippen molar-refractivity contribution in [1.82, 2.24) is 0 Å². The minimum absolute atomic E-state index is 0.295. The summed E-state index contributed by atoms with van der Waals surface area (Å²) in [5.41, 5.74) is 4.00. The summed E-state index contributed by atoms with van der Waals surface area (Å²) in [4.78, 5) is 0. The molecule has 8 nitrogen and oxygen atoms in total. The molecule has 0 fully saturated rings. The Kier molecular flexibility index (Phi) is 14.0. The van der Waals surface area contributed by atoms with Crippen LogP contribution < -0.4 is 0 Å². The number of allylic oxidation sites excluding steroid dienone is 6. The zero-order chi connectivity index (χ0) is 23.2. The summed E-state index contributed by atoms with van der Waals surface area (Å²) in [7, 11) is -9.50. The van der Waals surface area contributed by atoms with Gasteiger partial charge < -0.3 is 9.11 Å². The van der Waals surface area contributed by atoms with E-state index in [9.17, 15) is 25.9 Å². The van der Waals surface area contributed by atoms with E-state index in [0.29, 0.717) is 31.3 Å². The molecule has 0 aromatic heterocycles. The maximum atomic E-state index is 10.8. The molecule has 0 aromatic rings. The minimum atomic E-state index is -4.78. The molecule has 0 aliphatic rings. The Morgan fingerprint density at radius 3 is 1.73 bits per heavy atom. The van der Waals surface area contributed by atoms with Crippen LogP contribution in [0.2, 0.25) is 0 Å². The van der Waals surface area contributed by atoms with Crippen LogP contribution in [0.25, 0.3) is 0 Å². The molecule has 0 amide bonds. The second kappa shape index (κ2) is 14.7. The molecule has 174 valence electrons. The fourth-order valence-electron chi connectivity index (χ4n) is 2.44. The molecule has 0 atom stereocenters. The summed E-state index contributed by atoms with van der Waals surface area (Å²) < 4.78 is 71.9. The quantitative estimate of drug-likeness (QED) is 0.201. The Bertz CT molecular complexity index is 843. The van der Waals surface area contributed by atoms with E-state index in [1.165, 1.54) is 17.2 Å². The molecular formula is C20H32O8S2-2. The zero-order valence-corrected chi connectivity index (χ0v) is 19.7. The third kappa shape index (κ3) is 20.0. The van der Waals surface area contributed by atoms with Crippen LogP contribution in [0, 0.1) is 0 Å². The number of hydrogen-bond donors (Lipinski definition) is 0. The Balaban J connectivity index is 4.75. The van der Waals surface area contributed by atoms with Crippen LogP contribution in [0.5, 0.6) is 0 Å². The maximum absolute atomic E-state index is 10.8. The second-order valence-electron chi connectivity index (χ2n) is 7.22. The van der Waals surface area contributed by atoms with Crippen molar-refractivity contribution in [3.63, 3.8) is 0 Å². The predicted molar refractivity (Wildman–Crippen MR) is 114 cm³/mol. The van der Waals surface area contributed by atoms with Crippen molar-refractivity contribution in [2.45, 2.75) is 66.2 Å². The van der Waals surface area contributed by atoms with E-state index in [2.05, 4.69) is 34.4 Å². The Labute approximate surface area is 181 Å². The van der Waals surface area contributed by atoms with E-state index in [1.54, 1.807) is 13.0 Å². The molecular weight excluding hydrogens is 432 g/mol. The van der Waals surface area contributed by atoms with Crippen LogP contribution >= 0.6 is 0 Å². The van der Waals surface area contributed by atoms with Gasteiger partial charge in [0.1, 0.15) is 0 Å². The molecule has 0 radical (unpaired) electrons. The topological polar surface area (TPSA) is 133 Å². The van der Waals surface area contributed by atoms with Crippen LogP contribution in [0.4, 0.5) is 0 Å². The SMILES string of the molecule is CC(C)=CCC/C(C)=C/CC/C(=C/CC/C(C)=C/COS(=O)(=O)[O-])COS(=O)(=O)[O-]. The molecule has 30 heavy (non-hydrogen) atoms. The van der Waals surface area contributed by atoms with Gasteiger partial charge >= 0.3 is 0 Å². The lowest BCUT2D eigenvalue weighted by Crippen LogP contribution is -2.07. The van der Waals surface area contributed by atoms with Gasteiger partial charge in [-0.15, -0.1) is 0 Å². The van der Waals surface area contributed by atoms with Crippen molar-refractivity contribution < 1.29 is 34.3 Å². The summed E-state index contributed by atoms with van der Waals surface area (Å²) >= 11 is 0. The van der Waals surface area contributed by atoms with Gasteiger partial charge in [0, 0.05) is 0 Å². The second-order valence-corrected chi connectivity index (χ2v) is 9.33. The first-order chi connectivity index (χ1) is 13.8. The highest BCUT2D eigenvalue weighted by Crippen LogP contribution is 2.15. The predicted octanol–water partition coefficient (Wildman–Crippen LogP) is 4.07. The van der Waals surface area contributed by atoms with Crippen molar-refractivity contribution in [3.05, 3.63) is 46.6 Å². The molecule has 0 saturated heterocycles. The lowest BCUT2D eigenvalue weighted by molar-refractivity contribution is 0.279. The Morgan fingerprint density at radius 2 is 1.20 bits per heavy atom. The molecule has 0 aliphatic carbocycles. The van der Waals surface area contributed by atoms with Crippen molar-refractivity contribution in [2.75, 3.05) is 13.2 Å². The van der Waals surface area contributed by atoms with E-state index in [1.807, 2.05) is 6.92 Å². The summed E-state index contributed by atoms with van der Waals surface area (Å²) in [6.07, 6.45) is 11.8. The van der Waals surface area contributed by atoms with E-state index >= 15 is 0 Å². The molecule has 0 rings (SSSR count). The minimum Gasteiger partial charge on any atom is -0.726 e. The lowest BCUT2D eigenvalue weighted by atomic mass is 10.0. The van der Waals surface area contributed by atoms with Gasteiger partial charge in [-0.3, -0.25) is 8.37 Å². The number of hydrogen-bond acceptors (Lipinski definition) is 8. The molecule has 0 saturated carbocycles. The highest BCUT2D eigenvalue weighted by Gasteiger charge is 2.02. The highest BCUT2D eigenvalue weighted by atomic mass is 32.3. The molecule has 0 unspecified atom stereocenters. The van der Waals surface area contributed by atoms with Crippen molar-refractivity contribution in [3.8, 4) is 0 Å². The van der Waals surface area contributed by atoms with Gasteiger partial charge in [0.15, 0.2) is 0 Å². The molecule has 0 N–H and O–H groups in total. The van der Waals surface area contributed by atoms with Crippen molar-refractivity contribution in [1.29, 1.82) is 0 Å². The zero-order valence-electron chi connectivity index (χ0n) is 18.0. The maximum Gasteiger partial charge on any atom is 0.217 e. The average molecular weight is 465 g/mol. The number of rotatable bonds is 15. The smallest absolute Gasteiger partial charge is 0.217 e. The van der Waals surface area contributed by atoms with E-state index in [4.69, 9.17) is 0 Å². The molecule has 0 aromatic carbocycles. The normalized spacial score (nSPS) is 14.1. The van der Waals surface area contributed by atoms with Gasteiger partial charge in [0.25, 0.3) is 0 Å². The van der Waals surface area contributed by atoms with E-state index < -0.39 is 20.8 Å². The van der Waals surface area contributed by atoms with Crippen LogP contribution in [0.3, 0.4) is 0 Å². The fraction of sp³-hybridized carbons (Fsp3) is 0.600. The summed E-state index contributed by atoms with van der Waals surface area (Å²) in [5, 5.41) is 0. The van der Waals surface area contributed by atoms with E-state index in [0.717, 1.165) is 18.4 Å². The van der Waals surface area contributed by atoms with Gasteiger partial charge in [0.05, 0.1) is 13.2 Å². The Morgan fingerprint density at radius 1 is 0.700 bits per heavy atom. The molecule has 0 bridgehead atoms. The van der Waals surface area contributed by atoms with Crippen LogP contribution in [-0.2, 0) is 29.2 Å². The lowest BCUT2D eigenvalue weighted by Gasteiger charge is -2.11. The molecule has 0 heterocycles. The summed E-state index contributed by atoms with van der Waals surface area (Å²) in [6, 6.07) is 0. The van der Waals surface area contributed by atoms with E-state index in [-0.39, 0.29) is 13.2 Å². The first-order valence-corrected chi connectivity index (χ1v) is 12.3. The van der Waals surface area contributed by atoms with Gasteiger partial charge in [0.2, 0.25) is 20.8 Å². The van der Waals surface area contributed by atoms with Crippen molar-refractivity contribution >= 4 is 20.8 Å². The largest absolute Gasteiger partial charge is 0.726 e. The summed E-state index contributed by atoms with van der Waals surface area (Å²) in [5.74, 6) is 0. The average Bonchev–Trinajstić information content (AvgIpc) is 2.57. The van der Waals surface area contributed by atoms with Crippen molar-refractivity contribution in [2.24, 2.45) is 0 Å². The summed E-state index contributed by atoms with van der Waals surface area (Å²) in [6.45, 7) is 7.27. The highest BCUT2D eigenvalue weighted by molar-refractivity contribution is 7.81. The first-order valence-electron chi connectivity index (χ1n) is 9.61. The van der Waals surface area contributed by atoms with Crippen LogP contribution in [-0.4, -0.2) is 39.2 Å². The molecule has 0 spiro atoms. The standard InChI is InChI=1S/C20H34O8S2/c1-17(2)8-5-9-18(3)10-6-12-20(16-28-30(24,25)26)13-7-11-19(4)14-15-27-29(21,22)23/h8,10,13-14H,5-7,9,11-12,15-16H2,1-4H3,(H,21,22,23)(H,24,25,26)/p-2/b18-10+,19-14+,20-13-. The monoisotopic (exact) mass is 464 g/mol. The van der Waals surface area contributed by atoms with Gasteiger partial charge in [-0.2, -0.15) is 0 Å². The third-order valence-electron chi connectivity index (χ3n) is 4.05. The Hall–Kier alpha value is -1.30. The van der Waals surface area contributed by atoms with Gasteiger partial charge in [-0.05, 0) is 71.8 Å². The van der Waals surface area contributed by atoms with Gasteiger partial charge in [-0.25, -0.2) is 16.8 Å². The van der Waals surface area contributed by atoms with Gasteiger partial charge in [-0.1, -0.05) is 41.0 Å². The fourth-order valence-corrected chi connectivity index (χ4v) is 2.97. The first kappa shape index (κ1) is 28.7. The third-order valence-corrected chi connectivity index (χ3v) is 4.89. The molecule has 10 heteroatoms. The molecule has 0 aliphatic heterocycles. The van der Waals surface area contributed by atoms with Crippen LogP contribution in [0.1, 0.15) is 66.2 Å².